The highest BCUT2D eigenvalue weighted by Crippen LogP contribution is 2.55. The fraction of sp³-hybridized carbons (Fsp3) is 0.0714. The van der Waals surface area contributed by atoms with Crippen molar-refractivity contribution in [3.8, 4) is 41.8 Å². The molecule has 0 saturated carbocycles. The molecule has 0 amide bonds. The van der Waals surface area contributed by atoms with Crippen molar-refractivity contribution in [2.45, 2.75) is 20.8 Å². The van der Waals surface area contributed by atoms with Gasteiger partial charge in [0.25, 0.3) is 0 Å². The maximum absolute atomic E-state index is 14.5. The lowest BCUT2D eigenvalue weighted by atomic mass is 10.0. The molecule has 3 aromatic heterocycles. The predicted octanol–water partition coefficient (Wildman–Crippen LogP) is 12.7. The summed E-state index contributed by atoms with van der Waals surface area (Å²) in [7, 11) is 0. The minimum atomic E-state index is -4.61. The van der Waals surface area contributed by atoms with Crippen LogP contribution in [0.5, 0.6) is 0 Å². The van der Waals surface area contributed by atoms with Gasteiger partial charge in [0.2, 0.25) is 0 Å². The SMILES string of the molecule is Fc1cc(-c2ccc(-c3c4c(c(-c5ccc(-c6ccc(SC(F)(F)F)c(F)c6)s5)c5nsnc35)N=S=N4)s2)ccc1SC(F)(F)F. The molecule has 1 aliphatic rings. The van der Waals surface area contributed by atoms with Crippen LogP contribution in [0.3, 0.4) is 0 Å². The first kappa shape index (κ1) is 31.4. The Balaban J connectivity index is 1.26. The predicted molar refractivity (Wildman–Crippen MR) is 170 cm³/mol. The van der Waals surface area contributed by atoms with Crippen molar-refractivity contribution < 1.29 is 35.1 Å². The second kappa shape index (κ2) is 11.8. The number of aromatic nitrogens is 2. The van der Waals surface area contributed by atoms with E-state index in [0.717, 1.165) is 47.3 Å². The van der Waals surface area contributed by atoms with E-state index in [1.807, 2.05) is 0 Å². The van der Waals surface area contributed by atoms with Gasteiger partial charge in [0.15, 0.2) is 0 Å². The second-order valence-electron chi connectivity index (χ2n) is 9.39. The fourth-order valence-corrected chi connectivity index (χ4v) is 9.00. The Kier molecular flexibility index (Phi) is 8.08. The van der Waals surface area contributed by atoms with E-state index in [4.69, 9.17) is 0 Å². The van der Waals surface area contributed by atoms with Gasteiger partial charge in [-0.05, 0) is 83.2 Å². The summed E-state index contributed by atoms with van der Waals surface area (Å²) >= 11 is 3.50. The topological polar surface area (TPSA) is 50.5 Å². The molecule has 0 saturated heterocycles. The van der Waals surface area contributed by atoms with Crippen molar-refractivity contribution in [2.75, 3.05) is 0 Å². The van der Waals surface area contributed by atoms with Gasteiger partial charge < -0.3 is 0 Å². The molecule has 4 heterocycles. The molecule has 0 aliphatic carbocycles. The molecule has 0 unspecified atom stereocenters. The van der Waals surface area contributed by atoms with Crippen molar-refractivity contribution in [1.82, 2.24) is 8.75 Å². The van der Waals surface area contributed by atoms with Gasteiger partial charge in [-0.1, -0.05) is 12.1 Å². The Morgan fingerprint density at radius 1 is 0.543 bits per heavy atom. The molecule has 7 rings (SSSR count). The van der Waals surface area contributed by atoms with Crippen molar-refractivity contribution in [2.24, 2.45) is 8.73 Å². The highest BCUT2D eigenvalue weighted by atomic mass is 32.2. The lowest BCUT2D eigenvalue weighted by molar-refractivity contribution is -0.0338. The first-order valence-electron chi connectivity index (χ1n) is 12.6. The Morgan fingerprint density at radius 2 is 0.957 bits per heavy atom. The zero-order valence-corrected chi connectivity index (χ0v) is 26.9. The van der Waals surface area contributed by atoms with Gasteiger partial charge in [-0.25, -0.2) is 8.78 Å². The van der Waals surface area contributed by atoms with Crippen LogP contribution >= 0.6 is 57.9 Å². The Labute approximate surface area is 277 Å². The molecule has 18 heteroatoms. The summed E-state index contributed by atoms with van der Waals surface area (Å²) in [6.45, 7) is 0. The van der Waals surface area contributed by atoms with Crippen molar-refractivity contribution >= 4 is 91.7 Å². The van der Waals surface area contributed by atoms with E-state index in [1.54, 1.807) is 24.3 Å². The number of thioether (sulfide) groups is 2. The van der Waals surface area contributed by atoms with E-state index in [9.17, 15) is 35.1 Å². The van der Waals surface area contributed by atoms with E-state index < -0.39 is 56.0 Å². The number of alkyl halides is 6. The quantitative estimate of drug-likeness (QED) is 0.126. The van der Waals surface area contributed by atoms with E-state index >= 15 is 0 Å². The Bertz CT molecular complexity index is 2080. The molecule has 0 radical (unpaired) electrons. The standard InChI is InChI=1S/C28H10F8N4S6/c29-13-9-11(1-3-17(13)43-27(31,32)33)15-5-7-19(41-15)21-23-25(39-45-37-23)22(26-24(21)38-46-40-26)20-8-6-16(42-20)12-2-4-18(14(30)10-12)44-28(34,35)36/h1-10H. The molecule has 3 aromatic carbocycles. The summed E-state index contributed by atoms with van der Waals surface area (Å²) in [6.07, 6.45) is 0. The van der Waals surface area contributed by atoms with Gasteiger partial charge in [0, 0.05) is 30.6 Å². The fourth-order valence-electron chi connectivity index (χ4n) is 4.70. The highest BCUT2D eigenvalue weighted by Gasteiger charge is 2.32. The molecule has 0 fully saturated rings. The molecule has 0 atom stereocenters. The number of fused-ring (bicyclic) bond motifs is 2. The number of nitrogens with zero attached hydrogens (tertiary/aromatic N) is 4. The van der Waals surface area contributed by atoms with Gasteiger partial charge in [-0.15, -0.1) is 22.7 Å². The minimum absolute atomic E-state index is 0.407. The van der Waals surface area contributed by atoms with Crippen LogP contribution in [-0.4, -0.2) is 19.8 Å². The molecule has 0 bridgehead atoms. The second-order valence-corrected chi connectivity index (χ2v) is 14.8. The van der Waals surface area contributed by atoms with E-state index in [-0.39, 0.29) is 0 Å². The van der Waals surface area contributed by atoms with Crippen molar-refractivity contribution in [3.05, 3.63) is 72.3 Å². The molecule has 0 spiro atoms. The summed E-state index contributed by atoms with van der Waals surface area (Å²) in [6, 6.07) is 14.2. The van der Waals surface area contributed by atoms with E-state index in [2.05, 4.69) is 17.5 Å². The number of hydrogen-bond donors (Lipinski definition) is 0. The Morgan fingerprint density at radius 3 is 1.35 bits per heavy atom. The monoisotopic (exact) mass is 746 g/mol. The van der Waals surface area contributed by atoms with Crippen LogP contribution in [0.2, 0.25) is 0 Å². The largest absolute Gasteiger partial charge is 0.446 e. The maximum atomic E-state index is 14.5. The van der Waals surface area contributed by atoms with Crippen LogP contribution in [0, 0.1) is 11.6 Å². The number of thiophene rings is 2. The molecule has 46 heavy (non-hydrogen) atoms. The third-order valence-corrected chi connectivity index (χ3v) is 11.4. The zero-order valence-electron chi connectivity index (χ0n) is 22.0. The molecule has 1 aliphatic heterocycles. The van der Waals surface area contributed by atoms with Gasteiger partial charge in [0.1, 0.15) is 34.0 Å². The third-order valence-electron chi connectivity index (χ3n) is 6.51. The summed E-state index contributed by atoms with van der Waals surface area (Å²) in [5, 5.41) is 0. The molecule has 4 nitrogen and oxygen atoms in total. The van der Waals surface area contributed by atoms with Crippen molar-refractivity contribution in [3.63, 3.8) is 0 Å². The number of benzene rings is 3. The first-order chi connectivity index (χ1) is 21.8. The summed E-state index contributed by atoms with van der Waals surface area (Å²) in [5.74, 6) is -1.96. The van der Waals surface area contributed by atoms with E-state index in [1.165, 1.54) is 34.8 Å². The van der Waals surface area contributed by atoms with E-state index in [0.29, 0.717) is 64.2 Å². The average Bonchev–Trinajstić information content (AvgIpc) is 3.79. The summed E-state index contributed by atoms with van der Waals surface area (Å²) in [4.78, 5) is 1.62. The van der Waals surface area contributed by atoms with Gasteiger partial charge >= 0.3 is 11.0 Å². The minimum Gasteiger partial charge on any atom is -0.206 e. The van der Waals surface area contributed by atoms with Crippen LogP contribution in [-0.2, 0) is 11.4 Å². The molecule has 6 aromatic rings. The maximum Gasteiger partial charge on any atom is 0.446 e. The number of hydrogen-bond acceptors (Lipinski definition) is 9. The first-order valence-corrected chi connectivity index (χ1v) is 17.3. The van der Waals surface area contributed by atoms with Gasteiger partial charge in [-0.3, -0.25) is 0 Å². The lowest BCUT2D eigenvalue weighted by Gasteiger charge is -2.10. The molecule has 0 N–H and O–H groups in total. The normalized spacial score (nSPS) is 13.0. The van der Waals surface area contributed by atoms with Crippen LogP contribution in [0.15, 0.2) is 79.2 Å². The van der Waals surface area contributed by atoms with Crippen LogP contribution in [0.25, 0.3) is 52.8 Å². The number of halogens is 8. The molecular weight excluding hydrogens is 737 g/mol. The molecule has 234 valence electrons. The third kappa shape index (κ3) is 6.13. The zero-order chi connectivity index (χ0) is 32.4. The van der Waals surface area contributed by atoms with Gasteiger partial charge in [-0.2, -0.15) is 43.8 Å². The molecular formula is C28H10F8N4S6. The smallest absolute Gasteiger partial charge is 0.206 e. The highest BCUT2D eigenvalue weighted by molar-refractivity contribution is 8.00. The lowest BCUT2D eigenvalue weighted by Crippen LogP contribution is -2.00. The summed E-state index contributed by atoms with van der Waals surface area (Å²) < 4.78 is 124. The summed E-state index contributed by atoms with van der Waals surface area (Å²) in [5.41, 5.74) is -4.98. The van der Waals surface area contributed by atoms with Gasteiger partial charge in [0.05, 0.1) is 32.9 Å². The van der Waals surface area contributed by atoms with Crippen LogP contribution in [0.4, 0.5) is 46.5 Å². The Hall–Kier alpha value is -3.16. The number of rotatable bonds is 6. The van der Waals surface area contributed by atoms with Crippen LogP contribution < -0.4 is 0 Å². The average molecular weight is 747 g/mol. The van der Waals surface area contributed by atoms with Crippen LogP contribution in [0.1, 0.15) is 0 Å². The van der Waals surface area contributed by atoms with Crippen molar-refractivity contribution in [1.29, 1.82) is 0 Å².